The molecular formula is C13H12N4OS3. The predicted molar refractivity (Wildman–Crippen MR) is 84.8 cm³/mol. The molecule has 2 aromatic heterocycles. The zero-order chi connectivity index (χ0) is 14.5. The van der Waals surface area contributed by atoms with Crippen LogP contribution in [0.2, 0.25) is 0 Å². The first kappa shape index (κ1) is 14.6. The summed E-state index contributed by atoms with van der Waals surface area (Å²) in [7, 11) is 0. The molecular weight excluding hydrogens is 324 g/mol. The van der Waals surface area contributed by atoms with Gasteiger partial charge in [0.15, 0.2) is 8.68 Å². The molecule has 0 amide bonds. The second-order valence-corrected chi connectivity index (χ2v) is 7.33. The Bertz CT molecular complexity index is 698. The van der Waals surface area contributed by atoms with Gasteiger partial charge in [-0.15, -0.1) is 20.4 Å². The molecule has 0 N–H and O–H groups in total. The first-order chi connectivity index (χ1) is 10.3. The van der Waals surface area contributed by atoms with Gasteiger partial charge in [0, 0.05) is 0 Å². The summed E-state index contributed by atoms with van der Waals surface area (Å²) in [6, 6.07) is 10.1. The van der Waals surface area contributed by atoms with Crippen LogP contribution in [0.5, 0.6) is 0 Å². The number of hydrogen-bond donors (Lipinski definition) is 0. The minimum Gasteiger partial charge on any atom is -0.424 e. The number of thioether (sulfide) groups is 2. The molecule has 0 atom stereocenters. The van der Waals surface area contributed by atoms with Gasteiger partial charge in [0.25, 0.3) is 0 Å². The van der Waals surface area contributed by atoms with Crippen molar-refractivity contribution in [2.45, 2.75) is 20.9 Å². The van der Waals surface area contributed by atoms with Crippen molar-refractivity contribution in [3.63, 3.8) is 0 Å². The van der Waals surface area contributed by atoms with Crippen LogP contribution < -0.4 is 0 Å². The standard InChI is InChI=1S/C13H12N4OS3/c1-19-12-16-17-13(21-12)20-8-11-15-14-10(18-11)7-9-5-3-2-4-6-9/h2-6H,7-8H2,1H3. The Balaban J connectivity index is 1.57. The molecule has 3 rings (SSSR count). The molecule has 0 bridgehead atoms. The molecule has 0 saturated carbocycles. The summed E-state index contributed by atoms with van der Waals surface area (Å²) < 4.78 is 7.53. The van der Waals surface area contributed by atoms with Crippen LogP contribution in [0, 0.1) is 0 Å². The van der Waals surface area contributed by atoms with Crippen molar-refractivity contribution in [2.75, 3.05) is 6.26 Å². The molecule has 21 heavy (non-hydrogen) atoms. The first-order valence-electron chi connectivity index (χ1n) is 6.19. The van der Waals surface area contributed by atoms with Crippen LogP contribution in [-0.2, 0) is 12.2 Å². The van der Waals surface area contributed by atoms with E-state index >= 15 is 0 Å². The lowest BCUT2D eigenvalue weighted by atomic mass is 10.2. The Labute approximate surface area is 134 Å². The van der Waals surface area contributed by atoms with Crippen molar-refractivity contribution in [1.29, 1.82) is 0 Å². The smallest absolute Gasteiger partial charge is 0.226 e. The van der Waals surface area contributed by atoms with Gasteiger partial charge >= 0.3 is 0 Å². The normalized spacial score (nSPS) is 10.9. The van der Waals surface area contributed by atoms with E-state index in [1.807, 2.05) is 36.6 Å². The van der Waals surface area contributed by atoms with Crippen LogP contribution in [-0.4, -0.2) is 26.7 Å². The molecule has 0 aliphatic heterocycles. The quantitative estimate of drug-likeness (QED) is 0.638. The highest BCUT2D eigenvalue weighted by Gasteiger charge is 2.10. The van der Waals surface area contributed by atoms with Crippen molar-refractivity contribution >= 4 is 34.9 Å². The lowest BCUT2D eigenvalue weighted by Crippen LogP contribution is -1.87. The Morgan fingerprint density at radius 2 is 1.76 bits per heavy atom. The molecule has 0 fully saturated rings. The maximum atomic E-state index is 5.65. The molecule has 2 heterocycles. The highest BCUT2D eigenvalue weighted by molar-refractivity contribution is 8.02. The molecule has 0 unspecified atom stereocenters. The van der Waals surface area contributed by atoms with Gasteiger partial charge in [0.05, 0.1) is 12.2 Å². The van der Waals surface area contributed by atoms with Crippen LogP contribution in [0.15, 0.2) is 43.4 Å². The zero-order valence-electron chi connectivity index (χ0n) is 11.2. The third kappa shape index (κ3) is 4.05. The van der Waals surface area contributed by atoms with Crippen LogP contribution in [0.1, 0.15) is 17.3 Å². The summed E-state index contributed by atoms with van der Waals surface area (Å²) in [4.78, 5) is 0. The highest BCUT2D eigenvalue weighted by atomic mass is 32.2. The second kappa shape index (κ2) is 7.06. The van der Waals surface area contributed by atoms with E-state index in [9.17, 15) is 0 Å². The fraction of sp³-hybridized carbons (Fsp3) is 0.231. The predicted octanol–water partition coefficient (Wildman–Crippen LogP) is 3.53. The van der Waals surface area contributed by atoms with Gasteiger partial charge in [0.2, 0.25) is 11.8 Å². The minimum atomic E-state index is 0.616. The number of nitrogens with zero attached hydrogens (tertiary/aromatic N) is 4. The Morgan fingerprint density at radius 3 is 2.52 bits per heavy atom. The zero-order valence-corrected chi connectivity index (χ0v) is 13.7. The largest absolute Gasteiger partial charge is 0.424 e. The Kier molecular flexibility index (Phi) is 4.89. The molecule has 0 aliphatic rings. The maximum absolute atomic E-state index is 5.65. The molecule has 0 aliphatic carbocycles. The third-order valence-corrected chi connectivity index (χ3v) is 5.61. The first-order valence-corrected chi connectivity index (χ1v) is 9.21. The third-order valence-electron chi connectivity index (χ3n) is 2.59. The number of hydrogen-bond acceptors (Lipinski definition) is 8. The summed E-state index contributed by atoms with van der Waals surface area (Å²) in [5.41, 5.74) is 1.16. The second-order valence-electron chi connectivity index (χ2n) is 4.08. The fourth-order valence-electron chi connectivity index (χ4n) is 1.65. The topological polar surface area (TPSA) is 64.7 Å². The molecule has 8 heteroatoms. The Morgan fingerprint density at radius 1 is 1.00 bits per heavy atom. The van der Waals surface area contributed by atoms with Crippen molar-refractivity contribution in [2.24, 2.45) is 0 Å². The van der Waals surface area contributed by atoms with Crippen molar-refractivity contribution in [1.82, 2.24) is 20.4 Å². The van der Waals surface area contributed by atoms with Gasteiger partial charge in [-0.3, -0.25) is 0 Å². The number of rotatable bonds is 6. The SMILES string of the molecule is CSc1nnc(SCc2nnc(Cc3ccccc3)o2)s1. The van der Waals surface area contributed by atoms with E-state index in [1.165, 1.54) is 0 Å². The van der Waals surface area contributed by atoms with E-state index < -0.39 is 0 Å². The molecule has 0 radical (unpaired) electrons. The lowest BCUT2D eigenvalue weighted by Gasteiger charge is -1.95. The summed E-state index contributed by atoms with van der Waals surface area (Å²) in [6.45, 7) is 0. The van der Waals surface area contributed by atoms with Crippen molar-refractivity contribution < 1.29 is 4.42 Å². The van der Waals surface area contributed by atoms with Gasteiger partial charge in [-0.1, -0.05) is 65.2 Å². The average Bonchev–Trinajstić information content (AvgIpc) is 3.15. The summed E-state index contributed by atoms with van der Waals surface area (Å²) in [5, 5.41) is 16.3. The molecule has 0 saturated heterocycles. The lowest BCUT2D eigenvalue weighted by molar-refractivity contribution is 0.474. The minimum absolute atomic E-state index is 0.616. The molecule has 1 aromatic carbocycles. The molecule has 0 spiro atoms. The van der Waals surface area contributed by atoms with Gasteiger partial charge in [-0.25, -0.2) is 0 Å². The van der Waals surface area contributed by atoms with E-state index in [0.29, 0.717) is 24.0 Å². The van der Waals surface area contributed by atoms with Crippen molar-refractivity contribution in [3.05, 3.63) is 47.7 Å². The van der Waals surface area contributed by atoms with Gasteiger partial charge < -0.3 is 4.42 Å². The van der Waals surface area contributed by atoms with Crippen LogP contribution >= 0.6 is 34.9 Å². The number of aromatic nitrogens is 4. The Hall–Kier alpha value is -1.38. The van der Waals surface area contributed by atoms with E-state index in [-0.39, 0.29) is 0 Å². The van der Waals surface area contributed by atoms with Crippen LogP contribution in [0.4, 0.5) is 0 Å². The van der Waals surface area contributed by atoms with E-state index in [2.05, 4.69) is 20.4 Å². The molecule has 108 valence electrons. The van der Waals surface area contributed by atoms with Gasteiger partial charge in [-0.05, 0) is 11.8 Å². The van der Waals surface area contributed by atoms with Crippen LogP contribution in [0.3, 0.4) is 0 Å². The van der Waals surface area contributed by atoms with Gasteiger partial charge in [-0.2, -0.15) is 0 Å². The highest BCUT2D eigenvalue weighted by Crippen LogP contribution is 2.29. The maximum Gasteiger partial charge on any atom is 0.226 e. The average molecular weight is 336 g/mol. The monoisotopic (exact) mass is 336 g/mol. The number of benzene rings is 1. The van der Waals surface area contributed by atoms with E-state index in [4.69, 9.17) is 4.42 Å². The summed E-state index contributed by atoms with van der Waals surface area (Å²) in [5.74, 6) is 1.87. The van der Waals surface area contributed by atoms with E-state index in [1.54, 1.807) is 34.9 Å². The molecule has 5 nitrogen and oxygen atoms in total. The van der Waals surface area contributed by atoms with Gasteiger partial charge in [0.1, 0.15) is 0 Å². The van der Waals surface area contributed by atoms with Crippen molar-refractivity contribution in [3.8, 4) is 0 Å². The summed E-state index contributed by atoms with van der Waals surface area (Å²) in [6.07, 6.45) is 2.65. The summed E-state index contributed by atoms with van der Waals surface area (Å²) >= 11 is 4.74. The van der Waals surface area contributed by atoms with E-state index in [0.717, 1.165) is 14.2 Å². The molecule has 3 aromatic rings. The fourth-order valence-corrected chi connectivity index (χ4v) is 3.93. The van der Waals surface area contributed by atoms with Crippen LogP contribution in [0.25, 0.3) is 0 Å².